The van der Waals surface area contributed by atoms with Gasteiger partial charge in [0.05, 0.1) is 13.2 Å². The second-order valence-electron chi connectivity index (χ2n) is 13.1. The Kier molecular flexibility index (Phi) is 15.6. The van der Waals surface area contributed by atoms with Crippen molar-refractivity contribution >= 4 is 23.8 Å². The predicted octanol–water partition coefficient (Wildman–Crippen LogP) is -7.97. The van der Waals surface area contributed by atoms with Gasteiger partial charge < -0.3 is 104 Å². The van der Waals surface area contributed by atoms with Gasteiger partial charge in [0.1, 0.15) is 85.3 Å². The normalized spacial score (nSPS) is 45.0. The number of aliphatic hydroxyl groups excluding tert-OH is 8. The number of carbonyl (C=O) groups is 4. The zero-order chi connectivity index (χ0) is 41.0. The highest BCUT2D eigenvalue weighted by Crippen LogP contribution is 2.35. The maximum Gasteiger partial charge on any atom is 0.335 e. The molecule has 0 radical (unpaired) electrons. The quantitative estimate of drug-likeness (QED) is 0.0775. The summed E-state index contributed by atoms with van der Waals surface area (Å²) in [7, 11) is 2.22. The number of carbonyl (C=O) groups excluding carboxylic acids is 2. The molecule has 4 heterocycles. The lowest BCUT2D eigenvalue weighted by Crippen LogP contribution is -2.70. The van der Waals surface area contributed by atoms with Gasteiger partial charge in [-0.15, -0.1) is 0 Å². The lowest BCUT2D eigenvalue weighted by Gasteiger charge is -2.50. The molecule has 20 atom stereocenters. The SMILES string of the molecule is COC1OC(CO)C(O)C(OC2OC(C(=O)O)C(OC3OC(CO)C(O)C(OC4OC(C(=O)O)C(OC)C(O)C4O)C3NC(C)=O)C(O)C2O)C1NC(C)=O. The average Bonchev–Trinajstić information content (AvgIpc) is 3.12. The third-order valence-electron chi connectivity index (χ3n) is 9.40. The first-order valence-electron chi connectivity index (χ1n) is 16.8. The van der Waals surface area contributed by atoms with E-state index in [0.717, 1.165) is 21.0 Å². The molecule has 4 saturated heterocycles. The number of rotatable bonds is 14. The number of aliphatic hydroxyl groups is 8. The Balaban J connectivity index is 1.63. The fraction of sp³-hybridized carbons (Fsp3) is 0.867. The van der Waals surface area contributed by atoms with Crippen LogP contribution in [-0.4, -0.2) is 225 Å². The van der Waals surface area contributed by atoms with E-state index in [2.05, 4.69) is 10.6 Å². The Hall–Kier alpha value is -2.80. The fourth-order valence-corrected chi connectivity index (χ4v) is 6.73. The Bertz CT molecular complexity index is 1330. The van der Waals surface area contributed by atoms with Gasteiger partial charge in [-0.1, -0.05) is 0 Å². The molecule has 316 valence electrons. The van der Waals surface area contributed by atoms with Crippen molar-refractivity contribution in [2.75, 3.05) is 27.4 Å². The number of amides is 2. The summed E-state index contributed by atoms with van der Waals surface area (Å²) in [6.07, 6.45) is -33.9. The van der Waals surface area contributed by atoms with Crippen molar-refractivity contribution in [2.24, 2.45) is 0 Å². The molecule has 0 aliphatic carbocycles. The lowest BCUT2D eigenvalue weighted by molar-refractivity contribution is -0.369. The summed E-state index contributed by atoms with van der Waals surface area (Å²) >= 11 is 0. The topological polar surface area (TPSA) is 378 Å². The molecule has 20 unspecified atom stereocenters. The van der Waals surface area contributed by atoms with E-state index < -0.39 is 160 Å². The number of methoxy groups -OCH3 is 2. The number of ether oxygens (including phenoxy) is 9. The van der Waals surface area contributed by atoms with Gasteiger partial charge in [-0.3, -0.25) is 9.59 Å². The molecule has 4 aliphatic rings. The third kappa shape index (κ3) is 9.67. The summed E-state index contributed by atoms with van der Waals surface area (Å²) in [5, 5.41) is 110. The van der Waals surface area contributed by atoms with E-state index in [0.29, 0.717) is 0 Å². The molecule has 4 fully saturated rings. The third-order valence-corrected chi connectivity index (χ3v) is 9.40. The molecule has 25 nitrogen and oxygen atoms in total. The van der Waals surface area contributed by atoms with E-state index in [1.54, 1.807) is 0 Å². The molecule has 4 rings (SSSR count). The maximum atomic E-state index is 12.6. The Morgan fingerprint density at radius 3 is 1.27 bits per heavy atom. The van der Waals surface area contributed by atoms with Crippen molar-refractivity contribution in [3.05, 3.63) is 0 Å². The van der Waals surface area contributed by atoms with Crippen molar-refractivity contribution < 1.29 is 113 Å². The minimum atomic E-state index is -2.26. The number of hydrogen-bond acceptors (Lipinski definition) is 21. The highest BCUT2D eigenvalue weighted by molar-refractivity contribution is 5.74. The van der Waals surface area contributed by atoms with Crippen molar-refractivity contribution in [1.82, 2.24) is 10.6 Å². The minimum Gasteiger partial charge on any atom is -0.479 e. The van der Waals surface area contributed by atoms with Gasteiger partial charge in [-0.2, -0.15) is 0 Å². The first-order valence-corrected chi connectivity index (χ1v) is 16.8. The summed E-state index contributed by atoms with van der Waals surface area (Å²) in [6, 6.07) is -3.09. The number of nitrogens with one attached hydrogen (secondary N) is 2. The van der Waals surface area contributed by atoms with Gasteiger partial charge in [0.2, 0.25) is 11.8 Å². The summed E-state index contributed by atoms with van der Waals surface area (Å²) < 4.78 is 49.3. The fourth-order valence-electron chi connectivity index (χ4n) is 6.73. The van der Waals surface area contributed by atoms with Crippen molar-refractivity contribution in [1.29, 1.82) is 0 Å². The van der Waals surface area contributed by atoms with Crippen LogP contribution in [0.5, 0.6) is 0 Å². The average molecular weight is 805 g/mol. The molecule has 0 saturated carbocycles. The smallest absolute Gasteiger partial charge is 0.335 e. The first-order chi connectivity index (χ1) is 25.9. The van der Waals surface area contributed by atoms with Crippen LogP contribution in [0.1, 0.15) is 13.8 Å². The zero-order valence-corrected chi connectivity index (χ0v) is 29.7. The molecule has 0 aromatic rings. The van der Waals surface area contributed by atoms with Gasteiger partial charge in [0.25, 0.3) is 0 Å². The Labute approximate surface area is 311 Å². The number of aliphatic carboxylic acids is 2. The van der Waals surface area contributed by atoms with Crippen molar-refractivity contribution in [3.8, 4) is 0 Å². The summed E-state index contributed by atoms with van der Waals surface area (Å²) in [4.78, 5) is 48.8. The molecule has 0 bridgehead atoms. The number of carboxylic acids is 2. The first kappa shape index (κ1) is 44.9. The van der Waals surface area contributed by atoms with Gasteiger partial charge in [0.15, 0.2) is 37.4 Å². The van der Waals surface area contributed by atoms with Gasteiger partial charge in [-0.05, 0) is 0 Å². The van der Waals surface area contributed by atoms with E-state index >= 15 is 0 Å². The van der Waals surface area contributed by atoms with E-state index in [9.17, 15) is 70.2 Å². The van der Waals surface area contributed by atoms with Crippen LogP contribution < -0.4 is 10.6 Å². The van der Waals surface area contributed by atoms with Crippen molar-refractivity contribution in [3.63, 3.8) is 0 Å². The summed E-state index contributed by atoms with van der Waals surface area (Å²) in [6.45, 7) is 0.347. The molecule has 4 aliphatic heterocycles. The van der Waals surface area contributed by atoms with Gasteiger partial charge in [0, 0.05) is 28.1 Å². The standard InChI is InChI=1S/C30H48N2O23/c1-7(35)31-11-19(13(37)9(5-33)49-27(11)48-4)51-30-18(42)16(40)22(24(55-30)26(45)46)53-28-12(32-8(2)36)20(14(38)10(6-34)50-28)52-29-17(41)15(39)21(47-3)23(54-29)25(43)44/h9-24,27-30,33-34,37-42H,5-6H2,1-4H3,(H,31,35)(H,32,36)(H,43,44)(H,45,46). The van der Waals surface area contributed by atoms with Crippen LogP contribution >= 0.6 is 0 Å². The van der Waals surface area contributed by atoms with Crippen LogP contribution in [0.4, 0.5) is 0 Å². The van der Waals surface area contributed by atoms with Crippen LogP contribution in [-0.2, 0) is 61.8 Å². The zero-order valence-electron chi connectivity index (χ0n) is 29.7. The molecule has 0 aromatic carbocycles. The molecular formula is C30H48N2O23. The molecule has 0 aromatic heterocycles. The van der Waals surface area contributed by atoms with Gasteiger partial charge in [-0.25, -0.2) is 9.59 Å². The lowest BCUT2D eigenvalue weighted by atomic mass is 9.94. The molecule has 2 amide bonds. The van der Waals surface area contributed by atoms with E-state index in [1.807, 2.05) is 0 Å². The van der Waals surface area contributed by atoms with Crippen LogP contribution in [0.3, 0.4) is 0 Å². The highest BCUT2D eigenvalue weighted by atomic mass is 16.8. The summed E-state index contributed by atoms with van der Waals surface area (Å²) in [5.41, 5.74) is 0. The highest BCUT2D eigenvalue weighted by Gasteiger charge is 2.57. The van der Waals surface area contributed by atoms with E-state index in [-0.39, 0.29) is 0 Å². The molecule has 25 heteroatoms. The van der Waals surface area contributed by atoms with Crippen LogP contribution in [0.2, 0.25) is 0 Å². The van der Waals surface area contributed by atoms with Gasteiger partial charge >= 0.3 is 11.9 Å². The van der Waals surface area contributed by atoms with Crippen LogP contribution in [0.15, 0.2) is 0 Å². The largest absolute Gasteiger partial charge is 0.479 e. The number of hydrogen-bond donors (Lipinski definition) is 12. The van der Waals surface area contributed by atoms with Crippen LogP contribution in [0, 0.1) is 0 Å². The maximum absolute atomic E-state index is 12.6. The number of carboxylic acid groups (broad SMARTS) is 2. The second-order valence-corrected chi connectivity index (χ2v) is 13.1. The predicted molar refractivity (Wildman–Crippen MR) is 168 cm³/mol. The molecule has 0 spiro atoms. The molecule has 12 N–H and O–H groups in total. The Morgan fingerprint density at radius 1 is 0.509 bits per heavy atom. The van der Waals surface area contributed by atoms with E-state index in [1.165, 1.54) is 7.11 Å². The van der Waals surface area contributed by atoms with Crippen LogP contribution in [0.25, 0.3) is 0 Å². The van der Waals surface area contributed by atoms with E-state index in [4.69, 9.17) is 42.6 Å². The Morgan fingerprint density at radius 2 is 0.891 bits per heavy atom. The molecular weight excluding hydrogens is 756 g/mol. The molecule has 55 heavy (non-hydrogen) atoms. The second kappa shape index (κ2) is 19.1. The minimum absolute atomic E-state index is 0.655. The summed E-state index contributed by atoms with van der Waals surface area (Å²) in [5.74, 6) is -4.96. The van der Waals surface area contributed by atoms with Crippen molar-refractivity contribution in [2.45, 2.75) is 137 Å². The monoisotopic (exact) mass is 804 g/mol.